The highest BCUT2D eigenvalue weighted by Crippen LogP contribution is 2.40. The first kappa shape index (κ1) is 21.5. The summed E-state index contributed by atoms with van der Waals surface area (Å²) in [5, 5.41) is 15.0. The van der Waals surface area contributed by atoms with Gasteiger partial charge < -0.3 is 19.9 Å². The summed E-state index contributed by atoms with van der Waals surface area (Å²) in [5.41, 5.74) is 2.32. The lowest BCUT2D eigenvalue weighted by Gasteiger charge is -2.10. The molecule has 0 fully saturated rings. The Kier molecular flexibility index (Phi) is 7.54. The van der Waals surface area contributed by atoms with Gasteiger partial charge in [-0.05, 0) is 24.5 Å². The average molecular weight is 489 g/mol. The fourth-order valence-corrected chi connectivity index (χ4v) is 4.74. The van der Waals surface area contributed by atoms with Crippen LogP contribution in [0, 0.1) is 0 Å². The topological polar surface area (TPSA) is 80.7 Å². The zero-order valence-corrected chi connectivity index (χ0v) is 18.8. The van der Waals surface area contributed by atoms with Crippen LogP contribution in [-0.2, 0) is 0 Å². The number of rotatable bonds is 7. The van der Waals surface area contributed by atoms with Gasteiger partial charge >= 0.3 is 5.97 Å². The lowest BCUT2D eigenvalue weighted by atomic mass is 10.2. The first-order valence-electron chi connectivity index (χ1n) is 7.41. The molecule has 27 heavy (non-hydrogen) atoms. The zero-order chi connectivity index (χ0) is 18.7. The number of carbonyl (C=O) groups is 1. The number of halogens is 1. The number of carboxylic acid groups (broad SMARTS) is 1. The van der Waals surface area contributed by atoms with Crippen molar-refractivity contribution in [2.24, 2.45) is 0 Å². The minimum atomic E-state index is -0.925. The van der Waals surface area contributed by atoms with E-state index in [-0.39, 0.29) is 17.0 Å². The van der Waals surface area contributed by atoms with Crippen molar-refractivity contribution < 1.29 is 19.4 Å². The third-order valence-corrected chi connectivity index (χ3v) is 6.54. The lowest BCUT2D eigenvalue weighted by Crippen LogP contribution is -1.95. The van der Waals surface area contributed by atoms with Crippen LogP contribution < -0.4 is 14.8 Å². The van der Waals surface area contributed by atoms with Crippen molar-refractivity contribution in [1.82, 2.24) is 4.98 Å². The summed E-state index contributed by atoms with van der Waals surface area (Å²) >= 11 is 4.21. The molecule has 6 nitrogen and oxygen atoms in total. The second-order valence-corrected chi connectivity index (χ2v) is 8.04. The fourth-order valence-electron chi connectivity index (χ4n) is 2.29. The normalized spacial score (nSPS) is 10.2. The largest absolute Gasteiger partial charge is 0.497 e. The van der Waals surface area contributed by atoms with E-state index in [4.69, 9.17) is 9.47 Å². The van der Waals surface area contributed by atoms with Crippen molar-refractivity contribution in [2.45, 2.75) is 4.21 Å². The van der Waals surface area contributed by atoms with Gasteiger partial charge in [0.2, 0.25) is 0 Å². The van der Waals surface area contributed by atoms with Gasteiger partial charge in [0.15, 0.2) is 5.13 Å². The van der Waals surface area contributed by atoms with Gasteiger partial charge in [-0.2, -0.15) is 0 Å². The van der Waals surface area contributed by atoms with Crippen LogP contribution in [0.3, 0.4) is 0 Å². The molecule has 2 heterocycles. The molecular weight excluding hydrogens is 472 g/mol. The number of hydrogen-bond acceptors (Lipinski definition) is 8. The predicted octanol–water partition coefficient (Wildman–Crippen LogP) is 5.63. The van der Waals surface area contributed by atoms with E-state index in [9.17, 15) is 9.90 Å². The Hall–Kier alpha value is -1.75. The van der Waals surface area contributed by atoms with E-state index >= 15 is 0 Å². The summed E-state index contributed by atoms with van der Waals surface area (Å²) in [5.74, 6) is 0.459. The van der Waals surface area contributed by atoms with Crippen LogP contribution in [0.5, 0.6) is 11.5 Å². The summed E-state index contributed by atoms with van der Waals surface area (Å²) in [6.45, 7) is 0. The Morgan fingerprint density at radius 1 is 1.26 bits per heavy atom. The van der Waals surface area contributed by atoms with Crippen LogP contribution in [0.4, 0.5) is 10.8 Å². The van der Waals surface area contributed by atoms with Crippen molar-refractivity contribution in [3.8, 4) is 22.8 Å². The maximum absolute atomic E-state index is 11.2. The molecule has 0 aliphatic carbocycles. The van der Waals surface area contributed by atoms with E-state index < -0.39 is 5.97 Å². The summed E-state index contributed by atoms with van der Waals surface area (Å²) in [4.78, 5) is 16.1. The Balaban J connectivity index is 0.00000261. The third kappa shape index (κ3) is 4.75. The molecule has 144 valence electrons. The van der Waals surface area contributed by atoms with Gasteiger partial charge in [-0.25, -0.2) is 9.78 Å². The molecule has 0 radical (unpaired) electrons. The minimum Gasteiger partial charge on any atom is -0.497 e. The maximum Gasteiger partial charge on any atom is 0.345 e. The Morgan fingerprint density at radius 2 is 2.04 bits per heavy atom. The monoisotopic (exact) mass is 488 g/mol. The van der Waals surface area contributed by atoms with Gasteiger partial charge in [0.25, 0.3) is 0 Å². The SMILES string of the molecule is Br.COc1ccc(OC)c(Nc2nc(-c3cc(C(=O)O)sc3SC)cs2)c1. The molecule has 0 aliphatic rings. The number of hydrogen-bond donors (Lipinski definition) is 2. The van der Waals surface area contributed by atoms with Crippen molar-refractivity contribution in [2.75, 3.05) is 25.8 Å². The number of ether oxygens (including phenoxy) is 2. The molecule has 3 aromatic rings. The maximum atomic E-state index is 11.2. The highest BCUT2D eigenvalue weighted by molar-refractivity contribution is 8.93. The molecule has 10 heteroatoms. The van der Waals surface area contributed by atoms with Gasteiger partial charge in [-0.3, -0.25) is 0 Å². The molecule has 3 rings (SSSR count). The van der Waals surface area contributed by atoms with E-state index in [0.29, 0.717) is 21.5 Å². The van der Waals surface area contributed by atoms with Crippen LogP contribution in [0.2, 0.25) is 0 Å². The van der Waals surface area contributed by atoms with Crippen molar-refractivity contribution in [3.05, 3.63) is 34.5 Å². The molecule has 1 aromatic carbocycles. The number of nitrogens with one attached hydrogen (secondary N) is 1. The summed E-state index contributed by atoms with van der Waals surface area (Å²) in [6, 6.07) is 7.14. The van der Waals surface area contributed by atoms with Gasteiger partial charge in [0, 0.05) is 17.0 Å². The minimum absolute atomic E-state index is 0. The Bertz CT molecular complexity index is 942. The van der Waals surface area contributed by atoms with E-state index in [0.717, 1.165) is 21.2 Å². The van der Waals surface area contributed by atoms with Crippen molar-refractivity contribution in [3.63, 3.8) is 0 Å². The first-order chi connectivity index (χ1) is 12.5. The number of methoxy groups -OCH3 is 2. The van der Waals surface area contributed by atoms with Crippen LogP contribution in [0.1, 0.15) is 9.67 Å². The van der Waals surface area contributed by atoms with E-state index in [1.54, 1.807) is 20.3 Å². The standard InChI is InChI=1S/C17H16N2O4S3.BrH/c1-22-9-4-5-13(23-2)11(6-9)18-17-19-12(8-25-17)10-7-14(15(20)21)26-16(10)24-3;/h4-8H,1-3H3,(H,18,19)(H,20,21);1H. The number of aromatic nitrogens is 1. The second kappa shape index (κ2) is 9.45. The molecule has 0 saturated heterocycles. The smallest absolute Gasteiger partial charge is 0.345 e. The van der Waals surface area contributed by atoms with Gasteiger partial charge in [0.1, 0.15) is 16.4 Å². The Labute approximate surface area is 179 Å². The van der Waals surface area contributed by atoms with Crippen LogP contribution in [0.25, 0.3) is 11.3 Å². The molecule has 0 bridgehead atoms. The second-order valence-electron chi connectivity index (χ2n) is 5.05. The lowest BCUT2D eigenvalue weighted by molar-refractivity contribution is 0.0702. The van der Waals surface area contributed by atoms with Crippen molar-refractivity contribution >= 4 is 68.2 Å². The highest BCUT2D eigenvalue weighted by atomic mass is 79.9. The molecule has 0 aliphatic heterocycles. The number of anilines is 2. The number of nitrogens with zero attached hydrogens (tertiary/aromatic N) is 1. The molecule has 0 spiro atoms. The third-order valence-electron chi connectivity index (χ3n) is 3.52. The summed E-state index contributed by atoms with van der Waals surface area (Å²) < 4.78 is 11.5. The van der Waals surface area contributed by atoms with Gasteiger partial charge in [0.05, 0.1) is 29.8 Å². The first-order valence-corrected chi connectivity index (χ1v) is 10.3. The highest BCUT2D eigenvalue weighted by Gasteiger charge is 2.17. The Morgan fingerprint density at radius 3 is 2.67 bits per heavy atom. The molecule has 0 unspecified atom stereocenters. The predicted molar refractivity (Wildman–Crippen MR) is 117 cm³/mol. The van der Waals surface area contributed by atoms with E-state index in [1.165, 1.54) is 34.4 Å². The van der Waals surface area contributed by atoms with Crippen LogP contribution in [-0.4, -0.2) is 36.5 Å². The zero-order valence-electron chi connectivity index (χ0n) is 14.6. The number of benzene rings is 1. The number of carboxylic acids is 1. The van der Waals surface area contributed by atoms with Crippen LogP contribution in [0.15, 0.2) is 33.9 Å². The number of aromatic carboxylic acids is 1. The molecule has 2 N–H and O–H groups in total. The van der Waals surface area contributed by atoms with Gasteiger partial charge in [-0.1, -0.05) is 0 Å². The molecule has 0 amide bonds. The quantitative estimate of drug-likeness (QED) is 0.417. The van der Waals surface area contributed by atoms with Crippen LogP contribution >= 0.6 is 51.4 Å². The molecule has 0 atom stereocenters. The average Bonchev–Trinajstić information content (AvgIpc) is 3.28. The fraction of sp³-hybridized carbons (Fsp3) is 0.176. The molecular formula is C17H17BrN2O4S3. The molecule has 0 saturated carbocycles. The number of thiazole rings is 1. The van der Waals surface area contributed by atoms with E-state index in [2.05, 4.69) is 10.3 Å². The van der Waals surface area contributed by atoms with Gasteiger partial charge in [-0.15, -0.1) is 51.4 Å². The summed E-state index contributed by atoms with van der Waals surface area (Å²) in [7, 11) is 3.21. The molecule has 2 aromatic heterocycles. The number of thioether (sulfide) groups is 1. The summed E-state index contributed by atoms with van der Waals surface area (Å²) in [6.07, 6.45) is 1.92. The van der Waals surface area contributed by atoms with Crippen molar-refractivity contribution in [1.29, 1.82) is 0 Å². The number of thiophene rings is 1. The van der Waals surface area contributed by atoms with E-state index in [1.807, 2.05) is 29.8 Å².